The van der Waals surface area contributed by atoms with Crippen molar-refractivity contribution in [2.45, 2.75) is 43.8 Å². The Balaban J connectivity index is 1.36. The van der Waals surface area contributed by atoms with Crippen LogP contribution in [-0.4, -0.2) is 62.7 Å². The van der Waals surface area contributed by atoms with Gasteiger partial charge in [0.05, 0.1) is 17.7 Å². The summed E-state index contributed by atoms with van der Waals surface area (Å²) in [5, 5.41) is 3.33. The number of anilines is 1. The average molecular weight is 400 g/mol. The van der Waals surface area contributed by atoms with Gasteiger partial charge < -0.3 is 15.0 Å². The molecule has 2 aromatic rings. The van der Waals surface area contributed by atoms with Crippen LogP contribution in [0.15, 0.2) is 31.1 Å². The highest BCUT2D eigenvalue weighted by molar-refractivity contribution is 5.93. The maximum Gasteiger partial charge on any atom is 0.256 e. The van der Waals surface area contributed by atoms with E-state index in [1.54, 1.807) is 17.3 Å². The van der Waals surface area contributed by atoms with Crippen molar-refractivity contribution >= 4 is 11.9 Å². The molecule has 0 bridgehead atoms. The lowest BCUT2D eigenvalue weighted by Crippen LogP contribution is -2.46. The van der Waals surface area contributed by atoms with E-state index >= 15 is 0 Å². The monoisotopic (exact) mass is 400 g/mol. The van der Waals surface area contributed by atoms with E-state index in [4.69, 9.17) is 4.74 Å². The number of piperidine rings is 1. The predicted octanol–water partition coefficient (Wildman–Crippen LogP) is 2.35. The third-order valence-electron chi connectivity index (χ3n) is 5.62. The van der Waals surface area contributed by atoms with Gasteiger partial charge in [-0.3, -0.25) is 4.79 Å². The lowest BCUT2D eigenvalue weighted by atomic mass is 9.94. The summed E-state index contributed by atoms with van der Waals surface area (Å²) in [5.41, 5.74) is -0.181. The Kier molecular flexibility index (Phi) is 5.40. The lowest BCUT2D eigenvalue weighted by molar-refractivity contribution is -0.0184. The van der Waals surface area contributed by atoms with Gasteiger partial charge >= 0.3 is 0 Å². The third kappa shape index (κ3) is 4.34. The van der Waals surface area contributed by atoms with Crippen LogP contribution in [0.1, 0.15) is 48.5 Å². The zero-order valence-electron chi connectivity index (χ0n) is 16.5. The van der Waals surface area contributed by atoms with Gasteiger partial charge in [0.2, 0.25) is 5.95 Å². The molecule has 1 saturated heterocycles. The Morgan fingerprint density at radius 3 is 2.38 bits per heavy atom. The van der Waals surface area contributed by atoms with Crippen LogP contribution in [0.2, 0.25) is 0 Å². The number of alkyl halides is 1. The van der Waals surface area contributed by atoms with Gasteiger partial charge in [-0.1, -0.05) is 0 Å². The van der Waals surface area contributed by atoms with Gasteiger partial charge in [0.15, 0.2) is 0 Å². The molecule has 29 heavy (non-hydrogen) atoms. The Morgan fingerprint density at radius 2 is 1.79 bits per heavy atom. The number of likely N-dealkylation sites (tertiary alicyclic amines) is 1. The van der Waals surface area contributed by atoms with E-state index in [0.29, 0.717) is 31.2 Å². The van der Waals surface area contributed by atoms with Gasteiger partial charge in [-0.2, -0.15) is 0 Å². The minimum Gasteiger partial charge on any atom is -0.378 e. The lowest BCUT2D eigenvalue weighted by Gasteiger charge is -2.36. The van der Waals surface area contributed by atoms with Crippen molar-refractivity contribution in [1.29, 1.82) is 0 Å². The summed E-state index contributed by atoms with van der Waals surface area (Å²) in [4.78, 5) is 31.1. The number of carbonyl (C=O) groups is 1. The van der Waals surface area contributed by atoms with E-state index in [2.05, 4.69) is 25.3 Å². The second-order valence-electron chi connectivity index (χ2n) is 7.71. The zero-order chi connectivity index (χ0) is 20.3. The molecule has 154 valence electrons. The number of rotatable bonds is 7. The number of aromatic nitrogens is 4. The number of hydrogen-bond donors (Lipinski definition) is 1. The molecule has 1 saturated carbocycles. The Bertz CT molecular complexity index is 836. The first-order valence-corrected chi connectivity index (χ1v) is 9.95. The quantitative estimate of drug-likeness (QED) is 0.762. The molecular formula is C20H25FN6O2. The minimum absolute atomic E-state index is 0.0865. The minimum atomic E-state index is -1.35. The molecule has 0 aromatic carbocycles. The molecule has 2 aromatic heterocycles. The number of halogens is 1. The van der Waals surface area contributed by atoms with Gasteiger partial charge in [-0.15, -0.1) is 0 Å². The SMILES string of the molecule is CCOCC1(F)CCN(C(=O)c2cnc(NC3(c4cncnc4)CC3)nc2)CC1. The molecule has 0 spiro atoms. The highest BCUT2D eigenvalue weighted by Gasteiger charge is 2.45. The third-order valence-corrected chi connectivity index (χ3v) is 5.62. The topological polar surface area (TPSA) is 93.1 Å². The summed E-state index contributed by atoms with van der Waals surface area (Å²) < 4.78 is 19.9. The Morgan fingerprint density at radius 1 is 1.14 bits per heavy atom. The van der Waals surface area contributed by atoms with Crippen molar-refractivity contribution in [3.05, 3.63) is 42.2 Å². The van der Waals surface area contributed by atoms with Gasteiger partial charge in [-0.25, -0.2) is 24.3 Å². The summed E-state index contributed by atoms with van der Waals surface area (Å²) >= 11 is 0. The van der Waals surface area contributed by atoms with E-state index in [1.165, 1.54) is 18.7 Å². The molecule has 0 atom stereocenters. The second-order valence-corrected chi connectivity index (χ2v) is 7.71. The number of nitrogens with zero attached hydrogens (tertiary/aromatic N) is 5. The fourth-order valence-corrected chi connectivity index (χ4v) is 3.60. The van der Waals surface area contributed by atoms with Crippen LogP contribution in [0.25, 0.3) is 0 Å². The number of nitrogens with one attached hydrogen (secondary N) is 1. The smallest absolute Gasteiger partial charge is 0.256 e. The molecule has 2 aliphatic rings. The fraction of sp³-hybridized carbons (Fsp3) is 0.550. The highest BCUT2D eigenvalue weighted by atomic mass is 19.1. The standard InChI is InChI=1S/C20H25FN6O2/c1-2-29-13-19(21)5-7-27(8-6-19)17(28)15-9-24-18(25-10-15)26-20(3-4-20)16-11-22-14-23-12-16/h9-12,14H,2-8,13H2,1H3,(H,24,25,26). The molecule has 1 N–H and O–H groups in total. The summed E-state index contributed by atoms with van der Waals surface area (Å²) in [5.74, 6) is 0.286. The first-order chi connectivity index (χ1) is 14.0. The van der Waals surface area contributed by atoms with Crippen molar-refractivity contribution in [2.24, 2.45) is 0 Å². The van der Waals surface area contributed by atoms with Gasteiger partial charge in [0, 0.05) is 62.9 Å². The van der Waals surface area contributed by atoms with Gasteiger partial charge in [0.1, 0.15) is 12.0 Å². The van der Waals surface area contributed by atoms with Crippen molar-refractivity contribution in [3.63, 3.8) is 0 Å². The predicted molar refractivity (Wildman–Crippen MR) is 104 cm³/mol. The van der Waals surface area contributed by atoms with Crippen LogP contribution in [0, 0.1) is 0 Å². The summed E-state index contributed by atoms with van der Waals surface area (Å²) in [7, 11) is 0. The van der Waals surface area contributed by atoms with Crippen LogP contribution in [-0.2, 0) is 10.3 Å². The van der Waals surface area contributed by atoms with Gasteiger partial charge in [-0.05, 0) is 19.8 Å². The average Bonchev–Trinajstić information content (AvgIpc) is 3.54. The molecule has 4 rings (SSSR count). The maximum atomic E-state index is 14.7. The highest BCUT2D eigenvalue weighted by Crippen LogP contribution is 2.47. The van der Waals surface area contributed by atoms with E-state index in [1.807, 2.05) is 6.92 Å². The van der Waals surface area contributed by atoms with E-state index < -0.39 is 5.67 Å². The molecular weight excluding hydrogens is 375 g/mol. The summed E-state index contributed by atoms with van der Waals surface area (Å²) in [6, 6.07) is 0. The molecule has 1 aliphatic carbocycles. The maximum absolute atomic E-state index is 14.7. The molecule has 1 amide bonds. The second kappa shape index (κ2) is 7.98. The molecule has 3 heterocycles. The number of hydrogen-bond acceptors (Lipinski definition) is 7. The molecule has 0 unspecified atom stereocenters. The summed E-state index contributed by atoms with van der Waals surface area (Å²) in [6.07, 6.45) is 10.6. The van der Waals surface area contributed by atoms with Crippen LogP contribution in [0.5, 0.6) is 0 Å². The van der Waals surface area contributed by atoms with E-state index in [0.717, 1.165) is 18.4 Å². The van der Waals surface area contributed by atoms with Crippen LogP contribution in [0.3, 0.4) is 0 Å². The number of amides is 1. The Labute approximate surface area is 168 Å². The Hall–Kier alpha value is -2.68. The van der Waals surface area contributed by atoms with Crippen molar-refractivity contribution in [2.75, 3.05) is 31.6 Å². The number of carbonyl (C=O) groups excluding carboxylic acids is 1. The first kappa shape index (κ1) is 19.6. The van der Waals surface area contributed by atoms with Crippen LogP contribution in [0.4, 0.5) is 10.3 Å². The van der Waals surface area contributed by atoms with Crippen molar-refractivity contribution in [1.82, 2.24) is 24.8 Å². The molecule has 0 radical (unpaired) electrons. The van der Waals surface area contributed by atoms with Gasteiger partial charge in [0.25, 0.3) is 5.91 Å². The molecule has 2 fully saturated rings. The van der Waals surface area contributed by atoms with Crippen molar-refractivity contribution in [3.8, 4) is 0 Å². The van der Waals surface area contributed by atoms with Crippen LogP contribution >= 0.6 is 0 Å². The summed E-state index contributed by atoms with van der Waals surface area (Å²) in [6.45, 7) is 3.14. The first-order valence-electron chi connectivity index (χ1n) is 9.95. The van der Waals surface area contributed by atoms with E-state index in [-0.39, 0.29) is 30.9 Å². The largest absolute Gasteiger partial charge is 0.378 e. The molecule has 8 nitrogen and oxygen atoms in total. The van der Waals surface area contributed by atoms with Crippen molar-refractivity contribution < 1.29 is 13.9 Å². The zero-order valence-corrected chi connectivity index (χ0v) is 16.5. The number of ether oxygens (including phenoxy) is 1. The normalized spacial score (nSPS) is 19.6. The molecule has 9 heteroatoms. The fourth-order valence-electron chi connectivity index (χ4n) is 3.60. The van der Waals surface area contributed by atoms with E-state index in [9.17, 15) is 9.18 Å². The van der Waals surface area contributed by atoms with Crippen LogP contribution < -0.4 is 5.32 Å². The molecule has 1 aliphatic heterocycles.